The van der Waals surface area contributed by atoms with Gasteiger partial charge in [-0.1, -0.05) is 18.2 Å². The number of nitrogens with zero attached hydrogens (tertiary/aromatic N) is 3. The molecule has 6 nitrogen and oxygen atoms in total. The van der Waals surface area contributed by atoms with Crippen LogP contribution in [0, 0.1) is 0 Å². The summed E-state index contributed by atoms with van der Waals surface area (Å²) in [5, 5.41) is 11.1. The number of H-pyrrole nitrogens is 1. The summed E-state index contributed by atoms with van der Waals surface area (Å²) in [6.45, 7) is 0.573. The van der Waals surface area contributed by atoms with Crippen molar-refractivity contribution < 1.29 is 4.79 Å². The summed E-state index contributed by atoms with van der Waals surface area (Å²) >= 11 is 1.54. The van der Waals surface area contributed by atoms with E-state index in [1.807, 2.05) is 48.1 Å². The molecule has 0 aliphatic heterocycles. The van der Waals surface area contributed by atoms with E-state index >= 15 is 0 Å². The van der Waals surface area contributed by atoms with E-state index < -0.39 is 0 Å². The molecule has 3 heterocycles. The lowest BCUT2D eigenvalue weighted by Gasteiger charge is -2.03. The predicted octanol–water partition coefficient (Wildman–Crippen LogP) is 2.71. The number of hydrogen-bond donors (Lipinski definition) is 2. The number of aromatic nitrogens is 4. The number of rotatable bonds is 6. The minimum atomic E-state index is 0.0206. The van der Waals surface area contributed by atoms with Gasteiger partial charge in [0.1, 0.15) is 0 Å². The van der Waals surface area contributed by atoms with Crippen molar-refractivity contribution in [3.8, 4) is 5.13 Å². The highest BCUT2D eigenvalue weighted by Gasteiger charge is 2.09. The van der Waals surface area contributed by atoms with Crippen molar-refractivity contribution in [3.05, 3.63) is 65.6 Å². The first-order valence-corrected chi connectivity index (χ1v) is 8.94. The molecule has 1 aromatic carbocycles. The number of hydrogen-bond acceptors (Lipinski definition) is 4. The molecular formula is C18H17N5OS. The fraction of sp³-hybridized carbons (Fsp3) is 0.167. The van der Waals surface area contributed by atoms with Gasteiger partial charge in [-0.2, -0.15) is 5.10 Å². The molecule has 0 atom stereocenters. The molecule has 0 aliphatic carbocycles. The molecule has 0 unspecified atom stereocenters. The normalized spacial score (nSPS) is 11.0. The Morgan fingerprint density at radius 1 is 1.28 bits per heavy atom. The van der Waals surface area contributed by atoms with Crippen LogP contribution >= 0.6 is 11.3 Å². The Kier molecular flexibility index (Phi) is 4.30. The lowest BCUT2D eigenvalue weighted by atomic mass is 10.1. The zero-order valence-electron chi connectivity index (χ0n) is 13.5. The molecule has 0 saturated heterocycles. The summed E-state index contributed by atoms with van der Waals surface area (Å²) in [6.07, 6.45) is 6.58. The van der Waals surface area contributed by atoms with Gasteiger partial charge in [0, 0.05) is 47.8 Å². The van der Waals surface area contributed by atoms with Crippen molar-refractivity contribution in [2.75, 3.05) is 6.54 Å². The van der Waals surface area contributed by atoms with Crippen LogP contribution in [0.25, 0.3) is 16.0 Å². The number of fused-ring (bicyclic) bond motifs is 1. The highest BCUT2D eigenvalue weighted by molar-refractivity contribution is 7.12. The summed E-state index contributed by atoms with van der Waals surface area (Å²) in [4.78, 5) is 19.9. The summed E-state index contributed by atoms with van der Waals surface area (Å²) < 4.78 is 1.74. The third-order valence-corrected chi connectivity index (χ3v) is 4.85. The number of para-hydroxylation sites is 1. The Labute approximate surface area is 148 Å². The van der Waals surface area contributed by atoms with Gasteiger partial charge < -0.3 is 10.3 Å². The van der Waals surface area contributed by atoms with Gasteiger partial charge in [0.15, 0.2) is 0 Å². The smallest absolute Gasteiger partial charge is 0.224 e. The second kappa shape index (κ2) is 6.90. The number of aromatic amines is 1. The molecule has 0 spiro atoms. The van der Waals surface area contributed by atoms with Crippen molar-refractivity contribution >= 4 is 28.1 Å². The Bertz CT molecular complexity index is 986. The number of thiazole rings is 1. The number of nitrogens with one attached hydrogen (secondary N) is 2. The molecule has 0 bridgehead atoms. The van der Waals surface area contributed by atoms with Crippen molar-refractivity contribution in [2.24, 2.45) is 0 Å². The monoisotopic (exact) mass is 351 g/mol. The van der Waals surface area contributed by atoms with E-state index in [0.717, 1.165) is 27.3 Å². The zero-order chi connectivity index (χ0) is 17.1. The fourth-order valence-corrected chi connectivity index (χ4v) is 3.54. The molecule has 2 N–H and O–H groups in total. The van der Waals surface area contributed by atoms with Crippen LogP contribution in [0.1, 0.15) is 11.3 Å². The molecule has 0 radical (unpaired) electrons. The average Bonchev–Trinajstić information content (AvgIpc) is 3.35. The maximum atomic E-state index is 12.2. The maximum Gasteiger partial charge on any atom is 0.224 e. The number of carbonyl (C=O) groups excluding carboxylic acids is 1. The van der Waals surface area contributed by atoms with Crippen molar-refractivity contribution in [1.82, 2.24) is 25.1 Å². The summed E-state index contributed by atoms with van der Waals surface area (Å²) in [5.41, 5.74) is 3.03. The molecule has 25 heavy (non-hydrogen) atoms. The summed E-state index contributed by atoms with van der Waals surface area (Å²) in [5.74, 6) is 0.0206. The van der Waals surface area contributed by atoms with Gasteiger partial charge in [-0.15, -0.1) is 11.3 Å². The molecular weight excluding hydrogens is 334 g/mol. The third kappa shape index (κ3) is 3.46. The predicted molar refractivity (Wildman–Crippen MR) is 98.0 cm³/mol. The van der Waals surface area contributed by atoms with Crippen LogP contribution in [0.4, 0.5) is 0 Å². The van der Waals surface area contributed by atoms with Gasteiger partial charge in [-0.25, -0.2) is 9.67 Å². The molecule has 0 aliphatic rings. The average molecular weight is 351 g/mol. The largest absolute Gasteiger partial charge is 0.361 e. The first kappa shape index (κ1) is 15.6. The summed E-state index contributed by atoms with van der Waals surface area (Å²) in [6, 6.07) is 9.87. The van der Waals surface area contributed by atoms with Crippen molar-refractivity contribution in [3.63, 3.8) is 0 Å². The summed E-state index contributed by atoms with van der Waals surface area (Å²) in [7, 11) is 0. The second-order valence-corrected chi connectivity index (χ2v) is 6.54. The molecule has 4 rings (SSSR count). The maximum absolute atomic E-state index is 12.2. The van der Waals surface area contributed by atoms with Gasteiger partial charge in [-0.3, -0.25) is 4.79 Å². The van der Waals surface area contributed by atoms with Gasteiger partial charge in [0.2, 0.25) is 11.0 Å². The van der Waals surface area contributed by atoms with E-state index in [1.54, 1.807) is 22.2 Å². The van der Waals surface area contributed by atoms with Crippen LogP contribution in [0.5, 0.6) is 0 Å². The topological polar surface area (TPSA) is 75.6 Å². The van der Waals surface area contributed by atoms with E-state index in [0.29, 0.717) is 19.4 Å². The number of amides is 1. The van der Waals surface area contributed by atoms with Crippen LogP contribution < -0.4 is 5.32 Å². The first-order valence-electron chi connectivity index (χ1n) is 8.06. The van der Waals surface area contributed by atoms with Gasteiger partial charge >= 0.3 is 0 Å². The second-order valence-electron chi connectivity index (χ2n) is 5.71. The lowest BCUT2D eigenvalue weighted by molar-refractivity contribution is -0.120. The molecule has 126 valence electrons. The van der Waals surface area contributed by atoms with E-state index in [-0.39, 0.29) is 5.91 Å². The Morgan fingerprint density at radius 2 is 2.20 bits per heavy atom. The lowest BCUT2D eigenvalue weighted by Crippen LogP contribution is -2.27. The molecule has 0 fully saturated rings. The van der Waals surface area contributed by atoms with Crippen LogP contribution in [-0.2, 0) is 17.6 Å². The number of benzene rings is 1. The van der Waals surface area contributed by atoms with E-state index in [1.165, 1.54) is 0 Å². The Hall–Kier alpha value is -2.93. The van der Waals surface area contributed by atoms with Crippen molar-refractivity contribution in [2.45, 2.75) is 12.8 Å². The van der Waals surface area contributed by atoms with E-state index in [2.05, 4.69) is 20.4 Å². The van der Waals surface area contributed by atoms with Crippen molar-refractivity contribution in [1.29, 1.82) is 0 Å². The van der Waals surface area contributed by atoms with Gasteiger partial charge in [0.05, 0.1) is 12.1 Å². The minimum Gasteiger partial charge on any atom is -0.361 e. The quantitative estimate of drug-likeness (QED) is 0.561. The zero-order valence-corrected chi connectivity index (χ0v) is 14.3. The van der Waals surface area contributed by atoms with Crippen LogP contribution in [-0.4, -0.2) is 32.2 Å². The highest BCUT2D eigenvalue weighted by atomic mass is 32.1. The number of carbonyl (C=O) groups is 1. The molecule has 7 heteroatoms. The van der Waals surface area contributed by atoms with Crippen LogP contribution in [0.3, 0.4) is 0 Å². The highest BCUT2D eigenvalue weighted by Crippen LogP contribution is 2.18. The van der Waals surface area contributed by atoms with Crippen LogP contribution in [0.2, 0.25) is 0 Å². The molecule has 0 saturated carbocycles. The molecule has 4 aromatic rings. The van der Waals surface area contributed by atoms with Gasteiger partial charge in [0.25, 0.3) is 0 Å². The minimum absolute atomic E-state index is 0.0206. The standard InChI is InChI=1S/C18H17N5OS/c24-17(10-13-11-20-16-5-2-1-4-15(13)16)19-8-6-14-12-25-18(22-14)23-9-3-7-21-23/h1-5,7,9,11-12,20H,6,8,10H2,(H,19,24). The molecule has 3 aromatic heterocycles. The third-order valence-electron chi connectivity index (χ3n) is 3.97. The molecule has 1 amide bonds. The SMILES string of the molecule is O=C(Cc1c[nH]c2ccccc12)NCCc1csc(-n2cccn2)n1. The Morgan fingerprint density at radius 3 is 3.08 bits per heavy atom. The van der Waals surface area contributed by atoms with Crippen LogP contribution in [0.15, 0.2) is 54.3 Å². The Balaban J connectivity index is 1.30. The van der Waals surface area contributed by atoms with Gasteiger partial charge in [-0.05, 0) is 17.7 Å². The fourth-order valence-electron chi connectivity index (χ4n) is 2.74. The van der Waals surface area contributed by atoms with E-state index in [4.69, 9.17) is 0 Å². The van der Waals surface area contributed by atoms with E-state index in [9.17, 15) is 4.79 Å². The first-order chi connectivity index (χ1) is 12.3.